The second-order valence-corrected chi connectivity index (χ2v) is 10.5. The van der Waals surface area contributed by atoms with Crippen LogP contribution in [0.25, 0.3) is 49.4 Å². The fourth-order valence-electron chi connectivity index (χ4n) is 5.25. The van der Waals surface area contributed by atoms with E-state index in [1.165, 1.54) is 21.8 Å². The molecule has 3 heterocycles. The highest BCUT2D eigenvalue weighted by Gasteiger charge is 2.51. The highest BCUT2D eigenvalue weighted by molar-refractivity contribution is 6.62. The third kappa shape index (κ3) is 2.95. The summed E-state index contributed by atoms with van der Waals surface area (Å²) in [6.07, 6.45) is 0. The molecule has 1 saturated heterocycles. The van der Waals surface area contributed by atoms with Crippen LogP contribution in [0, 0.1) is 0 Å². The van der Waals surface area contributed by atoms with E-state index in [2.05, 4.69) is 117 Å². The summed E-state index contributed by atoms with van der Waals surface area (Å²) in [6.45, 7) is 8.29. The van der Waals surface area contributed by atoms with Crippen LogP contribution < -0.4 is 5.46 Å². The van der Waals surface area contributed by atoms with Gasteiger partial charge in [0.1, 0.15) is 11.2 Å². The van der Waals surface area contributed by atoms with Crippen molar-refractivity contribution in [2.75, 3.05) is 0 Å². The molecule has 1 aliphatic rings. The quantitative estimate of drug-likeness (QED) is 0.262. The Morgan fingerprint density at radius 1 is 0.600 bits per heavy atom. The molecule has 0 radical (unpaired) electrons. The van der Waals surface area contributed by atoms with Gasteiger partial charge in [-0.05, 0) is 63.5 Å². The summed E-state index contributed by atoms with van der Waals surface area (Å²) < 4.78 is 21.2. The smallest absolute Gasteiger partial charge is 0.456 e. The van der Waals surface area contributed by atoms with E-state index < -0.39 is 7.12 Å². The summed E-state index contributed by atoms with van der Waals surface area (Å²) in [5.41, 5.74) is 5.38. The van der Waals surface area contributed by atoms with Gasteiger partial charge >= 0.3 is 7.12 Å². The highest BCUT2D eigenvalue weighted by Crippen LogP contribution is 2.38. The Labute approximate surface area is 204 Å². The lowest BCUT2D eigenvalue weighted by Crippen LogP contribution is -2.41. The van der Waals surface area contributed by atoms with Gasteiger partial charge in [0.15, 0.2) is 0 Å². The summed E-state index contributed by atoms with van der Waals surface area (Å²) in [7, 11) is -0.411. The molecule has 4 aromatic carbocycles. The van der Waals surface area contributed by atoms with Crippen molar-refractivity contribution in [3.63, 3.8) is 0 Å². The molecule has 1 fully saturated rings. The van der Waals surface area contributed by atoms with Crippen molar-refractivity contribution < 1.29 is 13.7 Å². The molecule has 0 spiro atoms. The van der Waals surface area contributed by atoms with E-state index in [4.69, 9.17) is 13.7 Å². The van der Waals surface area contributed by atoms with Crippen molar-refractivity contribution in [3.8, 4) is 5.69 Å². The predicted octanol–water partition coefficient (Wildman–Crippen LogP) is 6.98. The van der Waals surface area contributed by atoms with Gasteiger partial charge in [0.2, 0.25) is 0 Å². The molecule has 172 valence electrons. The zero-order chi connectivity index (χ0) is 23.9. The highest BCUT2D eigenvalue weighted by atomic mass is 16.7. The van der Waals surface area contributed by atoms with Gasteiger partial charge in [-0.2, -0.15) is 0 Å². The minimum absolute atomic E-state index is 0.377. The molecule has 6 aromatic rings. The van der Waals surface area contributed by atoms with Gasteiger partial charge in [-0.1, -0.05) is 48.5 Å². The molecule has 0 saturated carbocycles. The molecule has 0 bridgehead atoms. The van der Waals surface area contributed by atoms with Crippen molar-refractivity contribution in [3.05, 3.63) is 84.9 Å². The van der Waals surface area contributed by atoms with Crippen LogP contribution in [0.4, 0.5) is 0 Å². The molecule has 1 aliphatic heterocycles. The fraction of sp³-hybridized carbons (Fsp3) is 0.200. The Hall–Kier alpha value is -3.54. The summed E-state index contributed by atoms with van der Waals surface area (Å²) in [6, 6.07) is 29.8. The van der Waals surface area contributed by atoms with Gasteiger partial charge in [0, 0.05) is 33.3 Å². The molecule has 0 atom stereocenters. The molecule has 4 nitrogen and oxygen atoms in total. The second kappa shape index (κ2) is 7.00. The molecular weight excluding hydrogens is 433 g/mol. The van der Waals surface area contributed by atoms with E-state index in [9.17, 15) is 0 Å². The molecule has 0 aliphatic carbocycles. The number of fused-ring (bicyclic) bond motifs is 6. The SMILES string of the molecule is CC1(C)OB(c2ccc3c(c2)oc2cc(-n4c5ccccc5c5ccccc54)ccc23)OC1(C)C. The molecule has 0 N–H and O–H groups in total. The maximum Gasteiger partial charge on any atom is 0.494 e. The van der Waals surface area contributed by atoms with E-state index >= 15 is 0 Å². The zero-order valence-corrected chi connectivity index (χ0v) is 20.3. The van der Waals surface area contributed by atoms with Gasteiger partial charge in [-0.3, -0.25) is 0 Å². The largest absolute Gasteiger partial charge is 0.494 e. The van der Waals surface area contributed by atoms with Crippen molar-refractivity contribution in [1.29, 1.82) is 0 Å². The minimum Gasteiger partial charge on any atom is -0.456 e. The average molecular weight is 459 g/mol. The minimum atomic E-state index is -0.411. The number of para-hydroxylation sites is 2. The normalized spacial score (nSPS) is 17.3. The number of hydrogen-bond donors (Lipinski definition) is 0. The van der Waals surface area contributed by atoms with E-state index in [-0.39, 0.29) is 11.2 Å². The van der Waals surface area contributed by atoms with Crippen molar-refractivity contribution in [2.24, 2.45) is 0 Å². The van der Waals surface area contributed by atoms with Gasteiger partial charge < -0.3 is 18.3 Å². The van der Waals surface area contributed by atoms with Crippen molar-refractivity contribution in [1.82, 2.24) is 4.57 Å². The number of furan rings is 1. The lowest BCUT2D eigenvalue weighted by molar-refractivity contribution is 0.00578. The summed E-state index contributed by atoms with van der Waals surface area (Å²) in [4.78, 5) is 0. The Bertz CT molecular complexity index is 1710. The third-order valence-corrected chi connectivity index (χ3v) is 7.84. The summed E-state index contributed by atoms with van der Waals surface area (Å²) in [5.74, 6) is 0. The first-order chi connectivity index (χ1) is 16.8. The van der Waals surface area contributed by atoms with E-state index in [1.54, 1.807) is 0 Å². The Morgan fingerprint density at radius 3 is 1.77 bits per heavy atom. The van der Waals surface area contributed by atoms with Gasteiger partial charge in [0.25, 0.3) is 0 Å². The molecule has 2 aromatic heterocycles. The maximum absolute atomic E-state index is 6.40. The van der Waals surface area contributed by atoms with Gasteiger partial charge in [-0.25, -0.2) is 0 Å². The zero-order valence-electron chi connectivity index (χ0n) is 20.3. The monoisotopic (exact) mass is 459 g/mol. The van der Waals surface area contributed by atoms with Crippen LogP contribution >= 0.6 is 0 Å². The van der Waals surface area contributed by atoms with Crippen LogP contribution in [0.5, 0.6) is 0 Å². The maximum atomic E-state index is 6.40. The number of hydrogen-bond acceptors (Lipinski definition) is 3. The lowest BCUT2D eigenvalue weighted by Gasteiger charge is -2.32. The van der Waals surface area contributed by atoms with Crippen LogP contribution in [-0.2, 0) is 9.31 Å². The number of benzene rings is 4. The summed E-state index contributed by atoms with van der Waals surface area (Å²) >= 11 is 0. The molecular formula is C30H26BNO3. The number of rotatable bonds is 2. The van der Waals surface area contributed by atoms with Crippen LogP contribution in [-0.4, -0.2) is 22.9 Å². The van der Waals surface area contributed by atoms with E-state index in [1.807, 2.05) is 0 Å². The Balaban J connectivity index is 1.37. The van der Waals surface area contributed by atoms with Crippen LogP contribution in [0.2, 0.25) is 0 Å². The number of aromatic nitrogens is 1. The molecule has 0 amide bonds. The average Bonchev–Trinajstić information content (AvgIpc) is 3.44. The van der Waals surface area contributed by atoms with Crippen LogP contribution in [0.15, 0.2) is 89.3 Å². The second-order valence-electron chi connectivity index (χ2n) is 10.5. The van der Waals surface area contributed by atoms with E-state index in [0.29, 0.717) is 0 Å². The van der Waals surface area contributed by atoms with Gasteiger partial charge in [-0.15, -0.1) is 0 Å². The van der Waals surface area contributed by atoms with Gasteiger partial charge in [0.05, 0.1) is 22.2 Å². The Kier molecular flexibility index (Phi) is 4.16. The standard InChI is InChI=1S/C30H26BNO3/c1-29(2)30(3,4)35-31(34-29)19-13-15-23-24-16-14-20(18-28(24)33-27(23)17-19)32-25-11-7-5-9-21(25)22-10-6-8-12-26(22)32/h5-18H,1-4H3. The van der Waals surface area contributed by atoms with Crippen LogP contribution in [0.3, 0.4) is 0 Å². The van der Waals surface area contributed by atoms with Crippen LogP contribution in [0.1, 0.15) is 27.7 Å². The lowest BCUT2D eigenvalue weighted by atomic mass is 9.79. The third-order valence-electron chi connectivity index (χ3n) is 7.84. The molecule has 7 rings (SSSR count). The fourth-order valence-corrected chi connectivity index (χ4v) is 5.25. The first-order valence-corrected chi connectivity index (χ1v) is 12.1. The van der Waals surface area contributed by atoms with Crippen molar-refractivity contribution >= 4 is 56.3 Å². The molecule has 5 heteroatoms. The molecule has 35 heavy (non-hydrogen) atoms. The first-order valence-electron chi connectivity index (χ1n) is 12.1. The topological polar surface area (TPSA) is 36.5 Å². The summed E-state index contributed by atoms with van der Waals surface area (Å²) in [5, 5.41) is 4.69. The first kappa shape index (κ1) is 20.8. The number of nitrogens with zero attached hydrogens (tertiary/aromatic N) is 1. The predicted molar refractivity (Wildman–Crippen MR) is 144 cm³/mol. The Morgan fingerprint density at radius 2 is 1.14 bits per heavy atom. The van der Waals surface area contributed by atoms with Crippen molar-refractivity contribution in [2.45, 2.75) is 38.9 Å². The van der Waals surface area contributed by atoms with E-state index in [0.717, 1.165) is 33.1 Å². The molecule has 0 unspecified atom stereocenters.